The first-order chi connectivity index (χ1) is 15.5. The minimum atomic E-state index is -0.374. The Morgan fingerprint density at radius 2 is 1.94 bits per heavy atom. The van der Waals surface area contributed by atoms with Crippen molar-refractivity contribution in [3.05, 3.63) is 71.2 Å². The van der Waals surface area contributed by atoms with E-state index in [0.29, 0.717) is 31.6 Å². The van der Waals surface area contributed by atoms with Crippen LogP contribution in [0.3, 0.4) is 0 Å². The second-order valence-electron chi connectivity index (χ2n) is 9.79. The van der Waals surface area contributed by atoms with Crippen LogP contribution in [0.25, 0.3) is 5.65 Å². The van der Waals surface area contributed by atoms with E-state index < -0.39 is 0 Å². The molecule has 2 fully saturated rings. The highest BCUT2D eigenvalue weighted by atomic mass is 16.5. The summed E-state index contributed by atoms with van der Waals surface area (Å²) in [6.07, 6.45) is 11.0. The number of benzene rings is 1. The first kappa shape index (κ1) is 21.2. The fourth-order valence-electron chi connectivity index (χ4n) is 5.77. The van der Waals surface area contributed by atoms with Crippen LogP contribution in [-0.2, 0) is 21.4 Å². The molecule has 2 aliphatic rings. The highest BCUT2D eigenvalue weighted by Crippen LogP contribution is 2.43. The zero-order valence-corrected chi connectivity index (χ0v) is 19.2. The van der Waals surface area contributed by atoms with Crippen molar-refractivity contribution in [2.75, 3.05) is 26.3 Å². The van der Waals surface area contributed by atoms with E-state index in [9.17, 15) is 4.79 Å². The standard InChI is InChI=1S/C27H33N3O2/c1-20-13-21(2)15-24(14-20)27(7-3-4-8-27)26(31)30-11-12-32-19-23(18-30)16-22-5-6-25-28-9-10-29(25)17-22/h5-6,9-10,13-15,17,23H,3-4,7-8,11-12,16,18-19H2,1-2H3. The number of aromatic nitrogens is 2. The van der Waals surface area contributed by atoms with Crippen LogP contribution in [0.2, 0.25) is 0 Å². The molecule has 5 nitrogen and oxygen atoms in total. The van der Waals surface area contributed by atoms with Gasteiger partial charge < -0.3 is 14.0 Å². The number of rotatable bonds is 4. The molecule has 1 aliphatic heterocycles. The van der Waals surface area contributed by atoms with Crippen LogP contribution >= 0.6 is 0 Å². The molecule has 2 aromatic heterocycles. The molecule has 0 bridgehead atoms. The third kappa shape index (κ3) is 4.06. The lowest BCUT2D eigenvalue weighted by molar-refractivity contribution is -0.137. The van der Waals surface area contributed by atoms with Crippen molar-refractivity contribution in [1.82, 2.24) is 14.3 Å². The van der Waals surface area contributed by atoms with E-state index in [1.165, 1.54) is 22.3 Å². The van der Waals surface area contributed by atoms with Crippen molar-refractivity contribution in [3.8, 4) is 0 Å². The van der Waals surface area contributed by atoms with Crippen molar-refractivity contribution in [3.63, 3.8) is 0 Å². The summed E-state index contributed by atoms with van der Waals surface area (Å²) in [6.45, 7) is 7.02. The molecule has 1 saturated carbocycles. The quantitative estimate of drug-likeness (QED) is 0.612. The van der Waals surface area contributed by atoms with Gasteiger partial charge in [0.1, 0.15) is 5.65 Å². The largest absolute Gasteiger partial charge is 0.379 e. The topological polar surface area (TPSA) is 46.8 Å². The summed E-state index contributed by atoms with van der Waals surface area (Å²) < 4.78 is 8.02. The van der Waals surface area contributed by atoms with Gasteiger partial charge in [0.25, 0.3) is 0 Å². The van der Waals surface area contributed by atoms with E-state index in [2.05, 4.69) is 64.7 Å². The molecule has 168 valence electrons. The summed E-state index contributed by atoms with van der Waals surface area (Å²) in [4.78, 5) is 20.5. The van der Waals surface area contributed by atoms with E-state index >= 15 is 0 Å². The molecule has 0 spiro atoms. The van der Waals surface area contributed by atoms with Crippen molar-refractivity contribution in [1.29, 1.82) is 0 Å². The summed E-state index contributed by atoms with van der Waals surface area (Å²) in [5.41, 5.74) is 5.53. The van der Waals surface area contributed by atoms with Crippen LogP contribution in [0.1, 0.15) is 47.9 Å². The SMILES string of the molecule is Cc1cc(C)cc(C2(C(=O)N3CCOCC(Cc4ccc5nccn5c4)C3)CCCC2)c1. The second-order valence-corrected chi connectivity index (χ2v) is 9.79. The summed E-state index contributed by atoms with van der Waals surface area (Å²) in [5, 5.41) is 0. The Balaban J connectivity index is 1.38. The number of amides is 1. The van der Waals surface area contributed by atoms with Crippen LogP contribution in [0.4, 0.5) is 0 Å². The minimum Gasteiger partial charge on any atom is -0.379 e. The Labute approximate surface area is 190 Å². The monoisotopic (exact) mass is 431 g/mol. The van der Waals surface area contributed by atoms with Crippen molar-refractivity contribution in [2.45, 2.75) is 51.4 Å². The van der Waals surface area contributed by atoms with E-state index in [0.717, 1.165) is 44.3 Å². The van der Waals surface area contributed by atoms with Gasteiger partial charge in [-0.1, -0.05) is 48.2 Å². The van der Waals surface area contributed by atoms with E-state index in [4.69, 9.17) is 4.74 Å². The molecule has 3 aromatic rings. The lowest BCUT2D eigenvalue weighted by atomic mass is 9.76. The first-order valence-electron chi connectivity index (χ1n) is 11.9. The molecular weight excluding hydrogens is 398 g/mol. The number of carbonyl (C=O) groups is 1. The third-order valence-electron chi connectivity index (χ3n) is 7.24. The molecule has 1 saturated heterocycles. The number of fused-ring (bicyclic) bond motifs is 1. The van der Waals surface area contributed by atoms with E-state index in [1.807, 2.05) is 12.4 Å². The number of ether oxygens (including phenoxy) is 1. The molecule has 3 heterocycles. The molecule has 1 amide bonds. The molecule has 1 unspecified atom stereocenters. The Bertz CT molecular complexity index is 1090. The number of imidazole rings is 1. The summed E-state index contributed by atoms with van der Waals surface area (Å²) in [7, 11) is 0. The molecule has 1 atom stereocenters. The fraction of sp³-hybridized carbons (Fsp3) is 0.481. The maximum Gasteiger partial charge on any atom is 0.233 e. The smallest absolute Gasteiger partial charge is 0.233 e. The van der Waals surface area contributed by atoms with Crippen LogP contribution < -0.4 is 0 Å². The highest BCUT2D eigenvalue weighted by molar-refractivity contribution is 5.89. The third-order valence-corrected chi connectivity index (χ3v) is 7.24. The first-order valence-corrected chi connectivity index (χ1v) is 11.9. The maximum absolute atomic E-state index is 14.1. The van der Waals surface area contributed by atoms with Gasteiger partial charge in [0, 0.05) is 37.6 Å². The zero-order valence-electron chi connectivity index (χ0n) is 19.2. The van der Waals surface area contributed by atoms with Crippen LogP contribution in [-0.4, -0.2) is 46.5 Å². The molecule has 1 aliphatic carbocycles. The number of hydrogen-bond acceptors (Lipinski definition) is 3. The van der Waals surface area contributed by atoms with Crippen molar-refractivity contribution in [2.24, 2.45) is 5.92 Å². The number of hydrogen-bond donors (Lipinski definition) is 0. The summed E-state index contributed by atoms with van der Waals surface area (Å²) >= 11 is 0. The zero-order chi connectivity index (χ0) is 22.1. The summed E-state index contributed by atoms with van der Waals surface area (Å²) in [5.74, 6) is 0.598. The van der Waals surface area contributed by atoms with Gasteiger partial charge >= 0.3 is 0 Å². The van der Waals surface area contributed by atoms with Gasteiger partial charge in [-0.25, -0.2) is 4.98 Å². The lowest BCUT2D eigenvalue weighted by Crippen LogP contribution is -2.47. The van der Waals surface area contributed by atoms with Crippen molar-refractivity contribution >= 4 is 11.6 Å². The van der Waals surface area contributed by atoms with E-state index in [1.54, 1.807) is 0 Å². The lowest BCUT2D eigenvalue weighted by Gasteiger charge is -2.35. The van der Waals surface area contributed by atoms with E-state index in [-0.39, 0.29) is 5.41 Å². The van der Waals surface area contributed by atoms with Gasteiger partial charge in [0.2, 0.25) is 5.91 Å². The van der Waals surface area contributed by atoms with Gasteiger partial charge in [-0.15, -0.1) is 0 Å². The van der Waals surface area contributed by atoms with Gasteiger partial charge in [0.15, 0.2) is 0 Å². The second kappa shape index (κ2) is 8.70. The average Bonchev–Trinajstić information content (AvgIpc) is 3.39. The highest BCUT2D eigenvalue weighted by Gasteiger charge is 2.45. The molecule has 1 aromatic carbocycles. The number of aryl methyl sites for hydroxylation is 2. The van der Waals surface area contributed by atoms with Gasteiger partial charge in [-0.3, -0.25) is 4.79 Å². The Kier molecular flexibility index (Phi) is 5.76. The maximum atomic E-state index is 14.1. The minimum absolute atomic E-state index is 0.292. The average molecular weight is 432 g/mol. The molecule has 0 radical (unpaired) electrons. The molecule has 5 heteroatoms. The van der Waals surface area contributed by atoms with Crippen LogP contribution in [0.5, 0.6) is 0 Å². The Hall–Kier alpha value is -2.66. The van der Waals surface area contributed by atoms with Gasteiger partial charge in [-0.05, 0) is 50.3 Å². The Morgan fingerprint density at radius 1 is 1.16 bits per heavy atom. The fourth-order valence-corrected chi connectivity index (χ4v) is 5.77. The normalized spacial score (nSPS) is 21.1. The Morgan fingerprint density at radius 3 is 2.72 bits per heavy atom. The van der Waals surface area contributed by atoms with Gasteiger partial charge in [-0.2, -0.15) is 0 Å². The molecule has 32 heavy (non-hydrogen) atoms. The molecule has 0 N–H and O–H groups in total. The van der Waals surface area contributed by atoms with Gasteiger partial charge in [0.05, 0.1) is 18.6 Å². The summed E-state index contributed by atoms with van der Waals surface area (Å²) in [6, 6.07) is 10.9. The predicted molar refractivity (Wildman–Crippen MR) is 126 cm³/mol. The number of carbonyl (C=O) groups excluding carboxylic acids is 1. The van der Waals surface area contributed by atoms with Crippen molar-refractivity contribution < 1.29 is 9.53 Å². The number of nitrogens with zero attached hydrogens (tertiary/aromatic N) is 3. The van der Waals surface area contributed by atoms with Crippen LogP contribution in [0.15, 0.2) is 48.9 Å². The van der Waals surface area contributed by atoms with Crippen LogP contribution in [0, 0.1) is 19.8 Å². The molecule has 5 rings (SSSR count). The predicted octanol–water partition coefficient (Wildman–Crippen LogP) is 4.48. The number of pyridine rings is 1. The molecular formula is C27H33N3O2.